The monoisotopic (exact) mass is 245 g/mol. The average molecular weight is 245 g/mol. The van der Waals surface area contributed by atoms with Crippen LogP contribution < -0.4 is 5.32 Å². The number of nitrogens with one attached hydrogen (secondary N) is 1. The third-order valence-electron chi connectivity index (χ3n) is 2.81. The van der Waals surface area contributed by atoms with E-state index < -0.39 is 6.09 Å². The minimum Gasteiger partial charge on any atom is -0.445 e. The van der Waals surface area contributed by atoms with E-state index in [1.807, 2.05) is 36.4 Å². The number of alkyl carbamates (subject to hydrolysis) is 1. The summed E-state index contributed by atoms with van der Waals surface area (Å²) < 4.78 is 5.04. The van der Waals surface area contributed by atoms with Gasteiger partial charge in [0.2, 0.25) is 0 Å². The molecule has 1 aromatic rings. The Kier molecular flexibility index (Phi) is 4.12. The van der Waals surface area contributed by atoms with Gasteiger partial charge in [0, 0.05) is 12.5 Å². The first kappa shape index (κ1) is 12.4. The Morgan fingerprint density at radius 3 is 2.78 bits per heavy atom. The van der Waals surface area contributed by atoms with Crippen LogP contribution >= 0.6 is 0 Å². The third kappa shape index (κ3) is 3.45. The van der Waals surface area contributed by atoms with Gasteiger partial charge in [0.25, 0.3) is 0 Å². The first-order valence-corrected chi connectivity index (χ1v) is 5.90. The molecule has 0 heterocycles. The molecule has 1 aliphatic carbocycles. The molecule has 0 saturated carbocycles. The summed E-state index contributed by atoms with van der Waals surface area (Å²) in [5.74, 6) is -0.0624. The van der Waals surface area contributed by atoms with E-state index in [1.165, 1.54) is 0 Å². The topological polar surface area (TPSA) is 55.4 Å². The summed E-state index contributed by atoms with van der Waals surface area (Å²) in [6.45, 7) is 0.572. The van der Waals surface area contributed by atoms with Crippen molar-refractivity contribution in [2.75, 3.05) is 6.54 Å². The molecule has 94 valence electrons. The normalized spacial score (nSPS) is 17.8. The quantitative estimate of drug-likeness (QED) is 0.883. The van der Waals surface area contributed by atoms with Crippen molar-refractivity contribution in [2.24, 2.45) is 5.92 Å². The van der Waals surface area contributed by atoms with Gasteiger partial charge in [-0.15, -0.1) is 0 Å². The summed E-state index contributed by atoms with van der Waals surface area (Å²) in [6, 6.07) is 9.45. The molecule has 1 amide bonds. The molecule has 1 N–H and O–H groups in total. The maximum absolute atomic E-state index is 11.4. The van der Waals surface area contributed by atoms with Gasteiger partial charge in [0.05, 0.1) is 0 Å². The van der Waals surface area contributed by atoms with E-state index in [9.17, 15) is 9.59 Å². The molecule has 1 atom stereocenters. The molecule has 1 unspecified atom stereocenters. The predicted molar refractivity (Wildman–Crippen MR) is 66.9 cm³/mol. The molecule has 0 aromatic heterocycles. The maximum atomic E-state index is 11.4. The fraction of sp³-hybridized carbons (Fsp3) is 0.286. The van der Waals surface area contributed by atoms with Crippen molar-refractivity contribution in [3.8, 4) is 0 Å². The number of rotatable bonds is 4. The largest absolute Gasteiger partial charge is 0.445 e. The van der Waals surface area contributed by atoms with Gasteiger partial charge in [-0.3, -0.25) is 4.79 Å². The van der Waals surface area contributed by atoms with Crippen molar-refractivity contribution in [1.29, 1.82) is 0 Å². The smallest absolute Gasteiger partial charge is 0.407 e. The van der Waals surface area contributed by atoms with Crippen molar-refractivity contribution in [1.82, 2.24) is 5.32 Å². The van der Waals surface area contributed by atoms with Gasteiger partial charge in [0.15, 0.2) is 5.78 Å². The summed E-state index contributed by atoms with van der Waals surface area (Å²) in [6.07, 6.45) is 3.59. The highest BCUT2D eigenvalue weighted by molar-refractivity contribution is 5.94. The average Bonchev–Trinajstić information content (AvgIpc) is 2.81. The zero-order valence-electron chi connectivity index (χ0n) is 9.96. The molecular formula is C14H15NO3. The van der Waals surface area contributed by atoms with Crippen LogP contribution in [0.25, 0.3) is 0 Å². The Balaban J connectivity index is 1.68. The first-order chi connectivity index (χ1) is 8.75. The number of carbonyl (C=O) groups excluding carboxylic acids is 2. The molecule has 1 aliphatic rings. The van der Waals surface area contributed by atoms with Crippen LogP contribution in [-0.4, -0.2) is 18.4 Å². The van der Waals surface area contributed by atoms with E-state index in [2.05, 4.69) is 5.32 Å². The second kappa shape index (κ2) is 6.00. The van der Waals surface area contributed by atoms with Crippen molar-refractivity contribution in [3.63, 3.8) is 0 Å². The van der Waals surface area contributed by atoms with Crippen LogP contribution in [0.2, 0.25) is 0 Å². The van der Waals surface area contributed by atoms with E-state index >= 15 is 0 Å². The molecule has 0 saturated heterocycles. The molecule has 4 nitrogen and oxygen atoms in total. The van der Waals surface area contributed by atoms with E-state index in [-0.39, 0.29) is 18.3 Å². The fourth-order valence-corrected chi connectivity index (χ4v) is 1.77. The van der Waals surface area contributed by atoms with E-state index in [1.54, 1.807) is 6.08 Å². The van der Waals surface area contributed by atoms with Crippen molar-refractivity contribution < 1.29 is 14.3 Å². The van der Waals surface area contributed by atoms with Gasteiger partial charge in [-0.1, -0.05) is 36.4 Å². The van der Waals surface area contributed by atoms with Crippen LogP contribution in [0.3, 0.4) is 0 Å². The zero-order valence-corrected chi connectivity index (χ0v) is 9.96. The van der Waals surface area contributed by atoms with Crippen LogP contribution in [0.15, 0.2) is 42.5 Å². The van der Waals surface area contributed by atoms with Gasteiger partial charge in [-0.2, -0.15) is 0 Å². The van der Waals surface area contributed by atoms with Crippen molar-refractivity contribution in [2.45, 2.75) is 13.0 Å². The Hall–Kier alpha value is -2.10. The van der Waals surface area contributed by atoms with Crippen molar-refractivity contribution in [3.05, 3.63) is 48.0 Å². The Labute approximate surface area is 106 Å². The third-order valence-corrected chi connectivity index (χ3v) is 2.81. The maximum Gasteiger partial charge on any atom is 0.407 e. The number of ether oxygens (including phenoxy) is 1. The highest BCUT2D eigenvalue weighted by atomic mass is 16.5. The minimum absolute atomic E-state index is 0.0679. The molecule has 0 fully saturated rings. The van der Waals surface area contributed by atoms with Crippen LogP contribution in [0.1, 0.15) is 12.0 Å². The second-order valence-electron chi connectivity index (χ2n) is 4.18. The van der Waals surface area contributed by atoms with Crippen molar-refractivity contribution >= 4 is 11.9 Å². The number of benzene rings is 1. The SMILES string of the molecule is O=C(NCC1CC=CC1=O)OCc1ccccc1. The lowest BCUT2D eigenvalue weighted by molar-refractivity contribution is -0.117. The zero-order chi connectivity index (χ0) is 12.8. The van der Waals surface area contributed by atoms with Crippen LogP contribution in [0.5, 0.6) is 0 Å². The van der Waals surface area contributed by atoms with E-state index in [0.717, 1.165) is 5.56 Å². The summed E-state index contributed by atoms with van der Waals surface area (Å²) in [4.78, 5) is 22.7. The lowest BCUT2D eigenvalue weighted by Crippen LogP contribution is -2.31. The number of amides is 1. The summed E-state index contributed by atoms with van der Waals surface area (Å²) >= 11 is 0. The highest BCUT2D eigenvalue weighted by Gasteiger charge is 2.20. The molecule has 0 bridgehead atoms. The predicted octanol–water partition coefficient (Wildman–Crippen LogP) is 2.06. The lowest BCUT2D eigenvalue weighted by atomic mass is 10.1. The Morgan fingerprint density at radius 2 is 2.11 bits per heavy atom. The van der Waals surface area contributed by atoms with Gasteiger partial charge < -0.3 is 10.1 Å². The van der Waals surface area contributed by atoms with E-state index in [4.69, 9.17) is 4.74 Å². The number of carbonyl (C=O) groups is 2. The minimum atomic E-state index is -0.487. The van der Waals surface area contributed by atoms with Crippen LogP contribution in [-0.2, 0) is 16.1 Å². The molecule has 1 aromatic carbocycles. The van der Waals surface area contributed by atoms with Crippen LogP contribution in [0.4, 0.5) is 4.79 Å². The Bertz CT molecular complexity index is 453. The number of hydrogen-bond acceptors (Lipinski definition) is 3. The first-order valence-electron chi connectivity index (χ1n) is 5.90. The lowest BCUT2D eigenvalue weighted by Gasteiger charge is -2.10. The summed E-state index contributed by atoms with van der Waals surface area (Å²) in [5, 5.41) is 2.60. The van der Waals surface area contributed by atoms with Gasteiger partial charge in [-0.25, -0.2) is 4.79 Å². The summed E-state index contributed by atoms with van der Waals surface area (Å²) in [5.41, 5.74) is 0.936. The molecule has 18 heavy (non-hydrogen) atoms. The molecule has 2 rings (SSSR count). The molecule has 0 radical (unpaired) electrons. The molecule has 0 aliphatic heterocycles. The second-order valence-corrected chi connectivity index (χ2v) is 4.18. The number of hydrogen-bond donors (Lipinski definition) is 1. The molecule has 0 spiro atoms. The summed E-state index contributed by atoms with van der Waals surface area (Å²) in [7, 11) is 0. The number of allylic oxidation sites excluding steroid dienone is 2. The van der Waals surface area contributed by atoms with Gasteiger partial charge in [0.1, 0.15) is 6.61 Å². The van der Waals surface area contributed by atoms with Gasteiger partial charge in [-0.05, 0) is 18.1 Å². The fourth-order valence-electron chi connectivity index (χ4n) is 1.77. The van der Waals surface area contributed by atoms with Crippen LogP contribution in [0, 0.1) is 5.92 Å². The van der Waals surface area contributed by atoms with E-state index in [0.29, 0.717) is 13.0 Å². The molecular weight excluding hydrogens is 230 g/mol. The Morgan fingerprint density at radius 1 is 1.33 bits per heavy atom. The number of ketones is 1. The highest BCUT2D eigenvalue weighted by Crippen LogP contribution is 2.12. The van der Waals surface area contributed by atoms with Gasteiger partial charge >= 0.3 is 6.09 Å². The standard InChI is InChI=1S/C14H15NO3/c16-13-8-4-7-12(13)9-15-14(17)18-10-11-5-2-1-3-6-11/h1-6,8,12H,7,9-10H2,(H,15,17). The molecule has 4 heteroatoms.